The molecule has 2 aromatic rings. The second-order valence-corrected chi connectivity index (χ2v) is 4.54. The largest absolute Gasteiger partial charge is 0.265 e. The number of rotatable bonds is 3. The Morgan fingerprint density at radius 2 is 1.62 bits per heavy atom. The third kappa shape index (κ3) is 2.97. The van der Waals surface area contributed by atoms with Crippen molar-refractivity contribution in [1.82, 2.24) is 4.98 Å². The van der Waals surface area contributed by atoms with Crippen LogP contribution in [0.4, 0.5) is 0 Å². The Kier molecular flexibility index (Phi) is 3.81. The molecule has 1 atom stereocenters. The first-order valence-corrected chi connectivity index (χ1v) is 5.85. The zero-order valence-electron chi connectivity index (χ0n) is 8.61. The highest BCUT2D eigenvalue weighted by Gasteiger charge is 2.08. The van der Waals surface area contributed by atoms with E-state index < -0.39 is 0 Å². The van der Waals surface area contributed by atoms with Gasteiger partial charge >= 0.3 is 0 Å². The van der Waals surface area contributed by atoms with Gasteiger partial charge in [-0.1, -0.05) is 23.7 Å². The third-order valence-corrected chi connectivity index (χ3v) is 3.05. The molecule has 0 N–H and O–H groups in total. The second-order valence-electron chi connectivity index (χ2n) is 3.58. The van der Waals surface area contributed by atoms with Crippen molar-refractivity contribution < 1.29 is 0 Å². The molecule has 82 valence electrons. The Balaban J connectivity index is 2.08. The standard InChI is InChI=1S/C13H11Cl2N/c14-12-3-1-10(2-4-12)9-13(15)11-5-7-16-8-6-11/h1-8,13H,9H2. The zero-order chi connectivity index (χ0) is 11.4. The number of pyridine rings is 1. The minimum Gasteiger partial charge on any atom is -0.265 e. The van der Waals surface area contributed by atoms with Crippen molar-refractivity contribution in [3.05, 3.63) is 64.9 Å². The van der Waals surface area contributed by atoms with Gasteiger partial charge in [-0.05, 0) is 41.8 Å². The van der Waals surface area contributed by atoms with E-state index in [1.54, 1.807) is 12.4 Å². The van der Waals surface area contributed by atoms with E-state index in [0.717, 1.165) is 17.0 Å². The fourth-order valence-corrected chi connectivity index (χ4v) is 1.97. The van der Waals surface area contributed by atoms with Crippen LogP contribution in [0.3, 0.4) is 0 Å². The smallest absolute Gasteiger partial charge is 0.0626 e. The fraction of sp³-hybridized carbons (Fsp3) is 0.154. The monoisotopic (exact) mass is 251 g/mol. The summed E-state index contributed by atoms with van der Waals surface area (Å²) in [5, 5.41) is 0.725. The molecule has 0 radical (unpaired) electrons. The minimum atomic E-state index is -0.0239. The molecule has 0 amide bonds. The molecule has 0 spiro atoms. The maximum atomic E-state index is 6.32. The Morgan fingerprint density at radius 1 is 1.00 bits per heavy atom. The Morgan fingerprint density at radius 3 is 2.25 bits per heavy atom. The van der Waals surface area contributed by atoms with E-state index in [2.05, 4.69) is 4.98 Å². The van der Waals surface area contributed by atoms with Crippen LogP contribution in [-0.4, -0.2) is 4.98 Å². The molecule has 1 aromatic heterocycles. The van der Waals surface area contributed by atoms with Crippen molar-refractivity contribution in [1.29, 1.82) is 0 Å². The van der Waals surface area contributed by atoms with Crippen LogP contribution in [0.2, 0.25) is 5.02 Å². The summed E-state index contributed by atoms with van der Waals surface area (Å²) in [7, 11) is 0. The molecule has 0 saturated carbocycles. The molecule has 3 heteroatoms. The first-order valence-electron chi connectivity index (χ1n) is 5.04. The van der Waals surface area contributed by atoms with Gasteiger partial charge in [0.25, 0.3) is 0 Å². The van der Waals surface area contributed by atoms with Gasteiger partial charge in [0.15, 0.2) is 0 Å². The molecule has 1 aromatic carbocycles. The molecule has 1 unspecified atom stereocenters. The van der Waals surface area contributed by atoms with E-state index in [9.17, 15) is 0 Å². The van der Waals surface area contributed by atoms with E-state index in [4.69, 9.17) is 23.2 Å². The van der Waals surface area contributed by atoms with Crippen molar-refractivity contribution in [3.8, 4) is 0 Å². The molecule has 1 heterocycles. The summed E-state index contributed by atoms with van der Waals surface area (Å²) in [6.45, 7) is 0. The molecule has 2 rings (SSSR count). The van der Waals surface area contributed by atoms with Crippen LogP contribution >= 0.6 is 23.2 Å². The first-order chi connectivity index (χ1) is 7.75. The van der Waals surface area contributed by atoms with Crippen LogP contribution in [0.15, 0.2) is 48.8 Å². The lowest BCUT2D eigenvalue weighted by atomic mass is 10.1. The normalized spacial score (nSPS) is 12.4. The first kappa shape index (κ1) is 11.4. The SMILES string of the molecule is Clc1ccc(CC(Cl)c2ccncc2)cc1. The van der Waals surface area contributed by atoms with Gasteiger partial charge in [0.1, 0.15) is 0 Å². The maximum absolute atomic E-state index is 6.32. The number of alkyl halides is 1. The summed E-state index contributed by atoms with van der Waals surface area (Å²) in [5.41, 5.74) is 2.27. The second kappa shape index (κ2) is 5.33. The van der Waals surface area contributed by atoms with Crippen molar-refractivity contribution in [2.24, 2.45) is 0 Å². The summed E-state index contributed by atoms with van der Waals surface area (Å²) in [6, 6.07) is 11.6. The highest BCUT2D eigenvalue weighted by atomic mass is 35.5. The molecule has 0 aliphatic carbocycles. The molecule has 0 aliphatic rings. The van der Waals surface area contributed by atoms with Crippen molar-refractivity contribution in [2.45, 2.75) is 11.8 Å². The zero-order valence-corrected chi connectivity index (χ0v) is 10.1. The molecule has 0 fully saturated rings. The Bertz CT molecular complexity index is 439. The predicted molar refractivity (Wildman–Crippen MR) is 68.0 cm³/mol. The van der Waals surface area contributed by atoms with Crippen LogP contribution in [0.25, 0.3) is 0 Å². The number of hydrogen-bond donors (Lipinski definition) is 0. The van der Waals surface area contributed by atoms with Crippen molar-refractivity contribution >= 4 is 23.2 Å². The molecule has 0 bridgehead atoms. The van der Waals surface area contributed by atoms with Gasteiger partial charge in [-0.3, -0.25) is 4.98 Å². The Hall–Kier alpha value is -1.05. The fourth-order valence-electron chi connectivity index (χ4n) is 1.52. The van der Waals surface area contributed by atoms with Crippen molar-refractivity contribution in [3.63, 3.8) is 0 Å². The van der Waals surface area contributed by atoms with E-state index >= 15 is 0 Å². The minimum absolute atomic E-state index is 0.0239. The van der Waals surface area contributed by atoms with Crippen LogP contribution in [0.5, 0.6) is 0 Å². The number of aromatic nitrogens is 1. The summed E-state index contributed by atoms with van der Waals surface area (Å²) >= 11 is 12.1. The average molecular weight is 252 g/mol. The van der Waals surface area contributed by atoms with E-state index in [1.807, 2.05) is 36.4 Å². The van der Waals surface area contributed by atoms with Gasteiger partial charge in [0, 0.05) is 17.4 Å². The average Bonchev–Trinajstić information content (AvgIpc) is 2.33. The lowest BCUT2D eigenvalue weighted by Gasteiger charge is -2.09. The van der Waals surface area contributed by atoms with Crippen LogP contribution in [-0.2, 0) is 6.42 Å². The third-order valence-electron chi connectivity index (χ3n) is 2.40. The topological polar surface area (TPSA) is 12.9 Å². The van der Waals surface area contributed by atoms with Gasteiger partial charge in [-0.15, -0.1) is 11.6 Å². The molecular formula is C13H11Cl2N. The summed E-state index contributed by atoms with van der Waals surface area (Å²) in [4.78, 5) is 3.97. The number of hydrogen-bond acceptors (Lipinski definition) is 1. The molecule has 0 aliphatic heterocycles. The van der Waals surface area contributed by atoms with Crippen molar-refractivity contribution in [2.75, 3.05) is 0 Å². The molecular weight excluding hydrogens is 241 g/mol. The van der Waals surface area contributed by atoms with Gasteiger partial charge in [0.05, 0.1) is 5.38 Å². The summed E-state index contributed by atoms with van der Waals surface area (Å²) in [5.74, 6) is 0. The Labute approximate surface area is 105 Å². The highest BCUT2D eigenvalue weighted by Crippen LogP contribution is 2.24. The predicted octanol–water partition coefficient (Wildman–Crippen LogP) is 4.26. The lowest BCUT2D eigenvalue weighted by molar-refractivity contribution is 0.916. The highest BCUT2D eigenvalue weighted by molar-refractivity contribution is 6.30. The van der Waals surface area contributed by atoms with E-state index in [0.29, 0.717) is 0 Å². The molecule has 0 saturated heterocycles. The lowest BCUT2D eigenvalue weighted by Crippen LogP contribution is -1.95. The van der Waals surface area contributed by atoms with Gasteiger partial charge in [-0.25, -0.2) is 0 Å². The van der Waals surface area contributed by atoms with E-state index in [1.165, 1.54) is 5.56 Å². The maximum Gasteiger partial charge on any atom is 0.0626 e. The quantitative estimate of drug-likeness (QED) is 0.744. The molecule has 1 nitrogen and oxygen atoms in total. The van der Waals surface area contributed by atoms with Crippen LogP contribution in [0.1, 0.15) is 16.5 Å². The van der Waals surface area contributed by atoms with Gasteiger partial charge in [0.2, 0.25) is 0 Å². The summed E-state index contributed by atoms with van der Waals surface area (Å²) < 4.78 is 0. The number of benzene rings is 1. The molecule has 16 heavy (non-hydrogen) atoms. The summed E-state index contributed by atoms with van der Waals surface area (Å²) in [6.07, 6.45) is 4.31. The van der Waals surface area contributed by atoms with Gasteiger partial charge < -0.3 is 0 Å². The van der Waals surface area contributed by atoms with Crippen LogP contribution < -0.4 is 0 Å². The number of nitrogens with zero attached hydrogens (tertiary/aromatic N) is 1. The van der Waals surface area contributed by atoms with Crippen LogP contribution in [0, 0.1) is 0 Å². The number of halogens is 2. The van der Waals surface area contributed by atoms with Gasteiger partial charge in [-0.2, -0.15) is 0 Å². The van der Waals surface area contributed by atoms with E-state index in [-0.39, 0.29) is 5.38 Å².